The van der Waals surface area contributed by atoms with Crippen molar-refractivity contribution in [2.75, 3.05) is 26.7 Å². The molecule has 0 aromatic heterocycles. The van der Waals surface area contributed by atoms with E-state index in [0.29, 0.717) is 31.0 Å². The molecule has 0 radical (unpaired) electrons. The van der Waals surface area contributed by atoms with Crippen molar-refractivity contribution in [3.05, 3.63) is 11.6 Å². The summed E-state index contributed by atoms with van der Waals surface area (Å²) in [5.41, 5.74) is 0.0220. The predicted octanol–water partition coefficient (Wildman–Crippen LogP) is 4.90. The van der Waals surface area contributed by atoms with Crippen LogP contribution in [0.25, 0.3) is 0 Å². The van der Waals surface area contributed by atoms with Crippen molar-refractivity contribution < 1.29 is 19.2 Å². The number of piperidine rings is 1. The fraction of sp³-hybridized carbons (Fsp3) is 0.833. The number of nitrogens with one attached hydrogen (secondary N) is 2. The number of likely N-dealkylation sites (tertiary alicyclic amines) is 2. The van der Waals surface area contributed by atoms with Crippen molar-refractivity contribution >= 4 is 23.6 Å². The second-order valence-electron chi connectivity index (χ2n) is 15.6. The largest absolute Gasteiger partial charge is 0.354 e. The van der Waals surface area contributed by atoms with Gasteiger partial charge in [-0.1, -0.05) is 66.4 Å². The van der Waals surface area contributed by atoms with E-state index < -0.39 is 17.5 Å². The van der Waals surface area contributed by atoms with Gasteiger partial charge in [-0.2, -0.15) is 0 Å². The molecular formula is C36H63N5O4. The van der Waals surface area contributed by atoms with Gasteiger partial charge < -0.3 is 20.4 Å². The van der Waals surface area contributed by atoms with E-state index in [9.17, 15) is 19.2 Å². The number of carbonyl (C=O) groups excluding carboxylic acids is 4. The number of nitrogens with zero attached hydrogens (tertiary/aromatic N) is 3. The molecule has 0 bridgehead atoms. The zero-order chi connectivity index (χ0) is 33.5. The Labute approximate surface area is 273 Å². The summed E-state index contributed by atoms with van der Waals surface area (Å²) in [6.07, 6.45) is 12.3. The maximum Gasteiger partial charge on any atom is 0.249 e. The van der Waals surface area contributed by atoms with Gasteiger partial charge in [0.25, 0.3) is 0 Å². The van der Waals surface area contributed by atoms with E-state index in [1.807, 2.05) is 40.7 Å². The molecule has 3 aliphatic rings. The summed E-state index contributed by atoms with van der Waals surface area (Å²) in [7, 11) is 1.77. The Morgan fingerprint density at radius 1 is 0.844 bits per heavy atom. The first-order chi connectivity index (χ1) is 21.1. The van der Waals surface area contributed by atoms with Crippen LogP contribution in [0, 0.1) is 17.3 Å². The molecule has 3 rings (SSSR count). The minimum Gasteiger partial charge on any atom is -0.354 e. The maximum atomic E-state index is 14.1. The molecular weight excluding hydrogens is 566 g/mol. The summed E-state index contributed by atoms with van der Waals surface area (Å²) in [4.78, 5) is 60.3. The van der Waals surface area contributed by atoms with Crippen LogP contribution >= 0.6 is 0 Å². The van der Waals surface area contributed by atoms with Crippen LogP contribution in [0.2, 0.25) is 0 Å². The third-order valence-electron chi connectivity index (χ3n) is 10.3. The molecule has 4 amide bonds. The highest BCUT2D eigenvalue weighted by molar-refractivity contribution is 5.97. The lowest BCUT2D eigenvalue weighted by atomic mass is 9.84. The normalized spacial score (nSPS) is 23.6. The molecule has 0 spiro atoms. The topological polar surface area (TPSA) is 102 Å². The fourth-order valence-electron chi connectivity index (χ4n) is 7.43. The average molecular weight is 630 g/mol. The lowest BCUT2D eigenvalue weighted by Crippen LogP contribution is -2.60. The van der Waals surface area contributed by atoms with Crippen LogP contribution in [0.1, 0.15) is 120 Å². The molecule has 2 heterocycles. The molecule has 9 heteroatoms. The van der Waals surface area contributed by atoms with Crippen molar-refractivity contribution in [2.45, 2.75) is 150 Å². The summed E-state index contributed by atoms with van der Waals surface area (Å²) in [6, 6.07) is -1.51. The molecule has 3 fully saturated rings. The third kappa shape index (κ3) is 9.79. The summed E-state index contributed by atoms with van der Waals surface area (Å²) in [6.45, 7) is 18.2. The van der Waals surface area contributed by atoms with Crippen LogP contribution < -0.4 is 10.6 Å². The Hall–Kier alpha value is -2.42. The quantitative estimate of drug-likeness (QED) is 0.317. The van der Waals surface area contributed by atoms with Gasteiger partial charge >= 0.3 is 0 Å². The minimum absolute atomic E-state index is 0.0287. The zero-order valence-corrected chi connectivity index (χ0v) is 29.8. The number of hydrogen-bond donors (Lipinski definition) is 2. The SMILES string of the molecule is C/C(=C\[C@H](C(C)C)N(C)C(=O)[C@@H](NC(=O)C1CCCCN1C(C)C)C(C)(C)C)C(=O)N1CCC[C@H]1C(=O)NCC1CCCCC1. The molecule has 2 saturated heterocycles. The number of hydrogen-bond acceptors (Lipinski definition) is 5. The average Bonchev–Trinajstić information content (AvgIpc) is 3.50. The summed E-state index contributed by atoms with van der Waals surface area (Å²) in [5, 5.41) is 6.29. The second-order valence-corrected chi connectivity index (χ2v) is 15.6. The summed E-state index contributed by atoms with van der Waals surface area (Å²) in [5.74, 6) is 0.108. The van der Waals surface area contributed by atoms with Crippen molar-refractivity contribution in [3.8, 4) is 0 Å². The van der Waals surface area contributed by atoms with Gasteiger partial charge in [0.15, 0.2) is 0 Å². The fourth-order valence-corrected chi connectivity index (χ4v) is 7.43. The van der Waals surface area contributed by atoms with Gasteiger partial charge in [-0.3, -0.25) is 24.1 Å². The van der Waals surface area contributed by atoms with Gasteiger partial charge in [0, 0.05) is 31.8 Å². The van der Waals surface area contributed by atoms with Crippen LogP contribution in [0.5, 0.6) is 0 Å². The van der Waals surface area contributed by atoms with Crippen LogP contribution in [-0.4, -0.2) is 95.2 Å². The van der Waals surface area contributed by atoms with Crippen molar-refractivity contribution in [2.24, 2.45) is 17.3 Å². The number of likely N-dealkylation sites (N-methyl/N-ethyl adjacent to an activating group) is 1. The van der Waals surface area contributed by atoms with E-state index in [0.717, 1.165) is 45.1 Å². The van der Waals surface area contributed by atoms with Crippen molar-refractivity contribution in [3.63, 3.8) is 0 Å². The van der Waals surface area contributed by atoms with Crippen LogP contribution in [-0.2, 0) is 19.2 Å². The van der Waals surface area contributed by atoms with Gasteiger partial charge in [0.1, 0.15) is 12.1 Å². The van der Waals surface area contributed by atoms with Crippen LogP contribution in [0.4, 0.5) is 0 Å². The van der Waals surface area contributed by atoms with Crippen LogP contribution in [0.15, 0.2) is 11.6 Å². The first-order valence-electron chi connectivity index (χ1n) is 17.7. The highest BCUT2D eigenvalue weighted by atomic mass is 16.2. The smallest absolute Gasteiger partial charge is 0.249 e. The summed E-state index contributed by atoms with van der Waals surface area (Å²) >= 11 is 0. The molecule has 1 unspecified atom stereocenters. The van der Waals surface area contributed by atoms with Gasteiger partial charge in [0.2, 0.25) is 23.6 Å². The van der Waals surface area contributed by atoms with E-state index in [-0.39, 0.29) is 47.7 Å². The van der Waals surface area contributed by atoms with E-state index in [4.69, 9.17) is 0 Å². The molecule has 4 atom stereocenters. The molecule has 256 valence electrons. The number of carbonyl (C=O) groups is 4. The molecule has 1 aliphatic carbocycles. The third-order valence-corrected chi connectivity index (χ3v) is 10.3. The molecule has 45 heavy (non-hydrogen) atoms. The standard InChI is InChI=1S/C36H63N5O4/c1-24(2)30(22-26(5)34(44)41-21-15-19-28(41)32(42)37-23-27-16-11-10-12-17-27)39(9)35(45)31(36(6,7)8)38-33(43)29-18-13-14-20-40(29)25(3)4/h22,24-25,27-31H,10-21,23H2,1-9H3,(H,37,42)(H,38,43)/b26-22+/t28-,29?,30+,31+/m0/s1. The van der Waals surface area contributed by atoms with E-state index in [1.54, 1.807) is 23.8 Å². The zero-order valence-electron chi connectivity index (χ0n) is 29.8. The van der Waals surface area contributed by atoms with Crippen LogP contribution in [0.3, 0.4) is 0 Å². The highest BCUT2D eigenvalue weighted by Crippen LogP contribution is 2.27. The Kier molecular flexibility index (Phi) is 13.5. The molecule has 0 aromatic rings. The Bertz CT molecular complexity index is 1060. The number of amides is 4. The van der Waals surface area contributed by atoms with Gasteiger partial charge in [-0.15, -0.1) is 0 Å². The maximum absolute atomic E-state index is 14.1. The van der Waals surface area contributed by atoms with Crippen molar-refractivity contribution in [1.82, 2.24) is 25.3 Å². The predicted molar refractivity (Wildman–Crippen MR) is 180 cm³/mol. The molecule has 2 aliphatic heterocycles. The monoisotopic (exact) mass is 629 g/mol. The van der Waals surface area contributed by atoms with Gasteiger partial charge in [-0.05, 0) is 83.1 Å². The highest BCUT2D eigenvalue weighted by Gasteiger charge is 2.40. The van der Waals surface area contributed by atoms with Crippen molar-refractivity contribution in [1.29, 1.82) is 0 Å². The lowest BCUT2D eigenvalue weighted by molar-refractivity contribution is -0.142. The van der Waals surface area contributed by atoms with Gasteiger partial charge in [-0.25, -0.2) is 0 Å². The van der Waals surface area contributed by atoms with E-state index in [2.05, 4.69) is 29.4 Å². The van der Waals surface area contributed by atoms with E-state index in [1.165, 1.54) is 19.3 Å². The first kappa shape index (κ1) is 37.0. The molecule has 2 N–H and O–H groups in total. The first-order valence-corrected chi connectivity index (χ1v) is 17.7. The van der Waals surface area contributed by atoms with E-state index >= 15 is 0 Å². The Balaban J connectivity index is 1.72. The number of rotatable bonds is 11. The molecule has 0 aromatic carbocycles. The summed E-state index contributed by atoms with van der Waals surface area (Å²) < 4.78 is 0. The molecule has 1 saturated carbocycles. The Morgan fingerprint density at radius 3 is 2.07 bits per heavy atom. The molecule has 9 nitrogen and oxygen atoms in total. The van der Waals surface area contributed by atoms with Gasteiger partial charge in [0.05, 0.1) is 12.1 Å². The Morgan fingerprint density at radius 2 is 1.47 bits per heavy atom. The lowest BCUT2D eigenvalue weighted by Gasteiger charge is -2.41. The second kappa shape index (κ2) is 16.4. The minimum atomic E-state index is -0.715.